The van der Waals surface area contributed by atoms with Crippen LogP contribution in [0.5, 0.6) is 5.88 Å². The molecule has 4 rings (SSSR count). The van der Waals surface area contributed by atoms with Crippen molar-refractivity contribution in [3.63, 3.8) is 0 Å². The molecule has 0 radical (unpaired) electrons. The Bertz CT molecular complexity index is 853. The van der Waals surface area contributed by atoms with Gasteiger partial charge in [-0.15, -0.1) is 0 Å². The van der Waals surface area contributed by atoms with Crippen LogP contribution in [0, 0.1) is 5.92 Å². The van der Waals surface area contributed by atoms with E-state index < -0.39 is 0 Å². The van der Waals surface area contributed by atoms with Gasteiger partial charge in [0.15, 0.2) is 0 Å². The molecule has 0 bridgehead atoms. The van der Waals surface area contributed by atoms with E-state index in [0.29, 0.717) is 24.2 Å². The average molecular weight is 337 g/mol. The highest BCUT2D eigenvalue weighted by molar-refractivity contribution is 5.92. The van der Waals surface area contributed by atoms with Gasteiger partial charge in [0.05, 0.1) is 36.1 Å². The minimum Gasteiger partial charge on any atom is -0.476 e. The molecule has 1 saturated carbocycles. The topological polar surface area (TPSA) is 92.8 Å². The summed E-state index contributed by atoms with van der Waals surface area (Å²) in [5.41, 5.74) is 2.06. The number of carbonyl (C=O) groups excluding carboxylic acids is 1. The molecule has 0 aliphatic heterocycles. The molecule has 2 heterocycles. The summed E-state index contributed by atoms with van der Waals surface area (Å²) in [6, 6.07) is 7.48. The summed E-state index contributed by atoms with van der Waals surface area (Å²) in [6.07, 6.45) is 5.35. The minimum atomic E-state index is -0.297. The van der Waals surface area contributed by atoms with Crippen LogP contribution < -0.4 is 10.1 Å². The molecular weight excluding hydrogens is 318 g/mol. The van der Waals surface area contributed by atoms with Gasteiger partial charge in [0.1, 0.15) is 11.5 Å². The molecule has 0 saturated heterocycles. The highest BCUT2D eigenvalue weighted by Crippen LogP contribution is 2.29. The first-order chi connectivity index (χ1) is 12.2. The van der Waals surface area contributed by atoms with Crippen molar-refractivity contribution in [2.45, 2.75) is 25.8 Å². The van der Waals surface area contributed by atoms with Gasteiger partial charge in [0.25, 0.3) is 5.91 Å². The molecule has 1 amide bonds. The predicted octanol–water partition coefficient (Wildman–Crippen LogP) is 2.63. The molecule has 1 aromatic carbocycles. The Kier molecular flexibility index (Phi) is 4.05. The maximum Gasteiger partial charge on any atom is 0.272 e. The van der Waals surface area contributed by atoms with Gasteiger partial charge in [-0.1, -0.05) is 12.1 Å². The van der Waals surface area contributed by atoms with E-state index >= 15 is 0 Å². The normalized spacial score (nSPS) is 15.1. The third-order valence-corrected chi connectivity index (χ3v) is 4.19. The number of hydrogen-bond donors (Lipinski definition) is 2. The summed E-state index contributed by atoms with van der Waals surface area (Å²) >= 11 is 0. The highest BCUT2D eigenvalue weighted by atomic mass is 16.5. The number of ether oxygens (including phenoxy) is 1. The monoisotopic (exact) mass is 337 g/mol. The number of hydrogen-bond acceptors (Lipinski definition) is 5. The van der Waals surface area contributed by atoms with Crippen molar-refractivity contribution in [1.29, 1.82) is 0 Å². The van der Waals surface area contributed by atoms with Crippen molar-refractivity contribution < 1.29 is 9.53 Å². The van der Waals surface area contributed by atoms with E-state index in [1.54, 1.807) is 0 Å². The molecule has 1 aliphatic rings. The number of amides is 1. The van der Waals surface area contributed by atoms with Crippen LogP contribution >= 0.6 is 0 Å². The van der Waals surface area contributed by atoms with E-state index in [4.69, 9.17) is 4.74 Å². The molecule has 1 aliphatic carbocycles. The van der Waals surface area contributed by atoms with Crippen LogP contribution in [0.25, 0.3) is 11.0 Å². The van der Waals surface area contributed by atoms with Crippen molar-refractivity contribution in [3.8, 4) is 5.88 Å². The largest absolute Gasteiger partial charge is 0.476 e. The minimum absolute atomic E-state index is 0.252. The summed E-state index contributed by atoms with van der Waals surface area (Å²) in [4.78, 5) is 28.3. The second-order valence-corrected chi connectivity index (χ2v) is 6.33. The lowest BCUT2D eigenvalue weighted by Gasteiger charge is -2.11. The van der Waals surface area contributed by atoms with Crippen molar-refractivity contribution in [2.75, 3.05) is 6.61 Å². The lowest BCUT2D eigenvalue weighted by molar-refractivity contribution is 0.0932. The lowest BCUT2D eigenvalue weighted by Crippen LogP contribution is -2.28. The molecule has 2 N–H and O–H groups in total. The predicted molar refractivity (Wildman–Crippen MR) is 92.2 cm³/mol. The van der Waals surface area contributed by atoms with Gasteiger partial charge < -0.3 is 15.0 Å². The third-order valence-electron chi connectivity index (χ3n) is 4.19. The van der Waals surface area contributed by atoms with Crippen LogP contribution in [0.15, 0.2) is 36.7 Å². The molecular formula is C18H19N5O2. The maximum atomic E-state index is 12.3. The number of imidazole rings is 1. The maximum absolute atomic E-state index is 12.3. The Morgan fingerprint density at radius 2 is 2.16 bits per heavy atom. The van der Waals surface area contributed by atoms with E-state index in [1.165, 1.54) is 25.2 Å². The Labute approximate surface area is 144 Å². The zero-order chi connectivity index (χ0) is 17.2. The zero-order valence-corrected chi connectivity index (χ0v) is 13.9. The summed E-state index contributed by atoms with van der Waals surface area (Å²) in [6.45, 7) is 2.54. The molecule has 2 aromatic heterocycles. The smallest absolute Gasteiger partial charge is 0.272 e. The molecule has 3 aromatic rings. The van der Waals surface area contributed by atoms with E-state index in [1.807, 2.05) is 31.2 Å². The van der Waals surface area contributed by atoms with Gasteiger partial charge in [-0.3, -0.25) is 4.79 Å². The standard InChI is InChI=1S/C18H19N5O2/c1-11(17-22-13-4-2-3-5-14(13)23-17)21-18(24)15-8-20-16(9-19-15)25-10-12-6-7-12/h2-5,8-9,11-12H,6-7,10H2,1H3,(H,21,24)(H,22,23)/t11-/m0/s1. The average Bonchev–Trinajstić information content (AvgIpc) is 3.36. The van der Waals surface area contributed by atoms with Crippen LogP contribution in [0.1, 0.15) is 42.1 Å². The van der Waals surface area contributed by atoms with Crippen LogP contribution in [-0.2, 0) is 0 Å². The number of fused-ring (bicyclic) bond motifs is 1. The van der Waals surface area contributed by atoms with Crippen LogP contribution in [0.4, 0.5) is 0 Å². The highest BCUT2D eigenvalue weighted by Gasteiger charge is 2.22. The van der Waals surface area contributed by atoms with Crippen molar-refractivity contribution in [3.05, 3.63) is 48.2 Å². The van der Waals surface area contributed by atoms with Crippen LogP contribution in [0.3, 0.4) is 0 Å². The number of aromatic amines is 1. The second-order valence-electron chi connectivity index (χ2n) is 6.33. The molecule has 0 unspecified atom stereocenters. The fourth-order valence-corrected chi connectivity index (χ4v) is 2.51. The van der Waals surface area contributed by atoms with Crippen LogP contribution in [0.2, 0.25) is 0 Å². The van der Waals surface area contributed by atoms with E-state index in [0.717, 1.165) is 11.0 Å². The van der Waals surface area contributed by atoms with Gasteiger partial charge in [-0.05, 0) is 37.8 Å². The fourth-order valence-electron chi connectivity index (χ4n) is 2.51. The van der Waals surface area contributed by atoms with Crippen LogP contribution in [-0.4, -0.2) is 32.4 Å². The van der Waals surface area contributed by atoms with E-state index in [9.17, 15) is 4.79 Å². The zero-order valence-electron chi connectivity index (χ0n) is 13.9. The van der Waals surface area contributed by atoms with Gasteiger partial charge in [-0.2, -0.15) is 0 Å². The number of para-hydroxylation sites is 2. The Balaban J connectivity index is 1.39. The molecule has 25 heavy (non-hydrogen) atoms. The molecule has 1 atom stereocenters. The molecule has 7 heteroatoms. The number of nitrogens with zero attached hydrogens (tertiary/aromatic N) is 3. The van der Waals surface area contributed by atoms with Gasteiger partial charge in [0.2, 0.25) is 5.88 Å². The number of benzene rings is 1. The Hall–Kier alpha value is -2.96. The Morgan fingerprint density at radius 1 is 1.32 bits per heavy atom. The van der Waals surface area contributed by atoms with Gasteiger partial charge in [0, 0.05) is 0 Å². The van der Waals surface area contributed by atoms with Gasteiger partial charge >= 0.3 is 0 Å². The van der Waals surface area contributed by atoms with Crippen molar-refractivity contribution >= 4 is 16.9 Å². The van der Waals surface area contributed by atoms with Gasteiger partial charge in [-0.25, -0.2) is 15.0 Å². The number of aromatic nitrogens is 4. The van der Waals surface area contributed by atoms with Crippen molar-refractivity contribution in [1.82, 2.24) is 25.3 Å². The number of H-pyrrole nitrogens is 1. The third kappa shape index (κ3) is 3.60. The summed E-state index contributed by atoms with van der Waals surface area (Å²) < 4.78 is 5.53. The molecule has 128 valence electrons. The molecule has 0 spiro atoms. The lowest BCUT2D eigenvalue weighted by atomic mass is 10.3. The van der Waals surface area contributed by atoms with E-state index in [2.05, 4.69) is 25.3 Å². The summed E-state index contributed by atoms with van der Waals surface area (Å²) in [5.74, 6) is 1.50. The molecule has 1 fully saturated rings. The Morgan fingerprint density at radius 3 is 2.88 bits per heavy atom. The molecule has 7 nitrogen and oxygen atoms in total. The fraction of sp³-hybridized carbons (Fsp3) is 0.333. The van der Waals surface area contributed by atoms with E-state index in [-0.39, 0.29) is 17.6 Å². The summed E-state index contributed by atoms with van der Waals surface area (Å²) in [7, 11) is 0. The number of nitrogens with one attached hydrogen (secondary N) is 2. The first kappa shape index (κ1) is 15.6. The number of carbonyl (C=O) groups is 1. The quantitative estimate of drug-likeness (QED) is 0.721. The SMILES string of the molecule is C[C@H](NC(=O)c1cnc(OCC2CC2)cn1)c1nc2ccccc2[nH]1. The first-order valence-corrected chi connectivity index (χ1v) is 8.39. The first-order valence-electron chi connectivity index (χ1n) is 8.39. The van der Waals surface area contributed by atoms with Crippen molar-refractivity contribution in [2.24, 2.45) is 5.92 Å². The summed E-state index contributed by atoms with van der Waals surface area (Å²) in [5, 5.41) is 2.88. The second kappa shape index (κ2) is 6.51. The number of rotatable bonds is 6.